The van der Waals surface area contributed by atoms with Gasteiger partial charge in [-0.2, -0.15) is 13.2 Å². The van der Waals surface area contributed by atoms with Gasteiger partial charge in [-0.3, -0.25) is 4.90 Å². The van der Waals surface area contributed by atoms with Crippen LogP contribution in [0, 0.1) is 0 Å². The van der Waals surface area contributed by atoms with Crippen LogP contribution in [0.25, 0.3) is 5.57 Å². The number of hydrogen-bond acceptors (Lipinski definition) is 5. The lowest BCUT2D eigenvalue weighted by Crippen LogP contribution is -2.49. The van der Waals surface area contributed by atoms with E-state index in [9.17, 15) is 13.2 Å². The van der Waals surface area contributed by atoms with Crippen LogP contribution in [0.2, 0.25) is 0 Å². The fraction of sp³-hybridized carbons (Fsp3) is 0.375. The Hall–Kier alpha value is -3.24. The lowest BCUT2D eigenvalue weighted by Gasteiger charge is -2.42. The van der Waals surface area contributed by atoms with Crippen LogP contribution in [-0.4, -0.2) is 53.8 Å². The van der Waals surface area contributed by atoms with Gasteiger partial charge in [0, 0.05) is 68.0 Å². The molecule has 3 rings (SSSR count). The van der Waals surface area contributed by atoms with Crippen molar-refractivity contribution in [1.82, 2.24) is 14.8 Å². The van der Waals surface area contributed by atoms with E-state index >= 15 is 0 Å². The van der Waals surface area contributed by atoms with Crippen molar-refractivity contribution < 1.29 is 13.2 Å². The van der Waals surface area contributed by atoms with Gasteiger partial charge < -0.3 is 27.1 Å². The second-order valence-electron chi connectivity index (χ2n) is 8.38. The minimum atomic E-state index is -4.36. The van der Waals surface area contributed by atoms with Gasteiger partial charge >= 0.3 is 6.18 Å². The molecular formula is C24H32F3N7. The number of rotatable bonds is 7. The molecule has 2 heterocycles. The van der Waals surface area contributed by atoms with Gasteiger partial charge in [0.2, 0.25) is 0 Å². The van der Waals surface area contributed by atoms with E-state index in [4.69, 9.17) is 17.2 Å². The Morgan fingerprint density at radius 3 is 2.24 bits per heavy atom. The number of alkyl halides is 3. The molecule has 0 saturated carbocycles. The Morgan fingerprint density at radius 2 is 1.76 bits per heavy atom. The average Bonchev–Trinajstić information content (AvgIpc) is 3.32. The van der Waals surface area contributed by atoms with Crippen molar-refractivity contribution >= 4 is 11.9 Å². The molecule has 1 aromatic heterocycles. The summed E-state index contributed by atoms with van der Waals surface area (Å²) in [5.41, 5.74) is 21.7. The van der Waals surface area contributed by atoms with Crippen molar-refractivity contribution in [3.8, 4) is 0 Å². The quantitative estimate of drug-likeness (QED) is 0.279. The topological polar surface area (TPSA) is 113 Å². The first-order valence-electron chi connectivity index (χ1n) is 11.1. The van der Waals surface area contributed by atoms with Gasteiger partial charge in [0.1, 0.15) is 5.82 Å². The molecule has 1 unspecified atom stereocenters. The van der Waals surface area contributed by atoms with Gasteiger partial charge in [0.05, 0.1) is 11.9 Å². The lowest BCUT2D eigenvalue weighted by molar-refractivity contribution is -0.137. The van der Waals surface area contributed by atoms with E-state index in [2.05, 4.69) is 19.8 Å². The van der Waals surface area contributed by atoms with E-state index < -0.39 is 11.7 Å². The van der Waals surface area contributed by atoms with Crippen LogP contribution in [-0.2, 0) is 6.18 Å². The maximum atomic E-state index is 12.9. The molecule has 7 N–H and O–H groups in total. The van der Waals surface area contributed by atoms with Gasteiger partial charge in [-0.15, -0.1) is 0 Å². The molecule has 0 amide bonds. The number of benzene rings is 1. The Labute approximate surface area is 197 Å². The summed E-state index contributed by atoms with van der Waals surface area (Å²) >= 11 is 0. The number of nitrogens with one attached hydrogen (secondary N) is 1. The Balaban J connectivity index is 1.81. The number of allylic oxidation sites excluding steroid dienone is 2. The summed E-state index contributed by atoms with van der Waals surface area (Å²) in [6.45, 7) is 7.15. The van der Waals surface area contributed by atoms with Crippen LogP contribution >= 0.6 is 0 Å². The fourth-order valence-electron chi connectivity index (χ4n) is 4.40. The summed E-state index contributed by atoms with van der Waals surface area (Å²) in [6, 6.07) is 7.04. The predicted molar refractivity (Wildman–Crippen MR) is 129 cm³/mol. The third-order valence-corrected chi connectivity index (χ3v) is 5.98. The van der Waals surface area contributed by atoms with Crippen LogP contribution in [0.5, 0.6) is 0 Å². The average molecular weight is 476 g/mol. The van der Waals surface area contributed by atoms with Crippen LogP contribution in [0.4, 0.5) is 13.2 Å². The largest absolute Gasteiger partial charge is 0.416 e. The number of piperazine rings is 1. The minimum Gasteiger partial charge on any atom is -0.390 e. The number of aromatic nitrogens is 1. The molecule has 0 radical (unpaired) electrons. The summed E-state index contributed by atoms with van der Waals surface area (Å²) < 4.78 is 38.8. The van der Waals surface area contributed by atoms with E-state index in [0.29, 0.717) is 38.5 Å². The standard InChI is InChI=1S/C24H32F3N7/c1-16(2)22(21(23(30)32-15-29)18-7-8-31-14-18)34-11-9-33(10-12-34)20(13-28)17-3-5-19(6-4-17)24(25,26)27/h3-8,14-15,20,31H,9-13,28,30H2,1-2H3,(H2,29,32)/b23-21-. The van der Waals surface area contributed by atoms with Crippen LogP contribution in [0.1, 0.15) is 36.6 Å². The van der Waals surface area contributed by atoms with Crippen LogP contribution < -0.4 is 17.2 Å². The molecule has 184 valence electrons. The van der Waals surface area contributed by atoms with Crippen LogP contribution in [0.3, 0.4) is 0 Å². The van der Waals surface area contributed by atoms with Crippen molar-refractivity contribution in [2.75, 3.05) is 32.7 Å². The number of nitrogens with two attached hydrogens (primary N) is 3. The van der Waals surface area contributed by atoms with E-state index in [-0.39, 0.29) is 6.04 Å². The molecule has 1 atom stereocenters. The molecule has 1 saturated heterocycles. The smallest absolute Gasteiger partial charge is 0.390 e. The Kier molecular flexibility index (Phi) is 8.06. The Bertz CT molecular complexity index is 1030. The highest BCUT2D eigenvalue weighted by atomic mass is 19.4. The molecule has 1 fully saturated rings. The summed E-state index contributed by atoms with van der Waals surface area (Å²) in [6.07, 6.45) is 0.510. The van der Waals surface area contributed by atoms with Gasteiger partial charge in [0.15, 0.2) is 0 Å². The predicted octanol–water partition coefficient (Wildman–Crippen LogP) is 3.26. The lowest BCUT2D eigenvalue weighted by atomic mass is 9.99. The summed E-state index contributed by atoms with van der Waals surface area (Å²) in [7, 11) is 0. The highest BCUT2D eigenvalue weighted by Crippen LogP contribution is 2.33. The summed E-state index contributed by atoms with van der Waals surface area (Å²) in [4.78, 5) is 11.7. The summed E-state index contributed by atoms with van der Waals surface area (Å²) in [5.74, 6) is 0.324. The van der Waals surface area contributed by atoms with Gasteiger partial charge in [-0.05, 0) is 37.6 Å². The number of aliphatic imine (C=N–C) groups is 1. The molecule has 1 aliphatic rings. The van der Waals surface area contributed by atoms with Crippen molar-refractivity contribution in [3.05, 3.63) is 76.5 Å². The normalized spacial score (nSPS) is 17.1. The van der Waals surface area contributed by atoms with Crippen molar-refractivity contribution in [1.29, 1.82) is 0 Å². The third-order valence-electron chi connectivity index (χ3n) is 5.98. The van der Waals surface area contributed by atoms with Crippen molar-refractivity contribution in [2.24, 2.45) is 22.2 Å². The molecule has 2 aromatic rings. The maximum Gasteiger partial charge on any atom is 0.416 e. The van der Waals surface area contributed by atoms with Gasteiger partial charge in [-0.1, -0.05) is 17.7 Å². The molecule has 0 bridgehead atoms. The molecule has 1 aliphatic heterocycles. The second kappa shape index (κ2) is 10.8. The molecular weight excluding hydrogens is 443 g/mol. The SMILES string of the molecule is CC(C)=C(/C(=C(/N)N=CN)c1cc[nH]c1)N1CCN(C(CN)c2ccc(C(F)(F)F)cc2)CC1. The first-order chi connectivity index (χ1) is 16.2. The van der Waals surface area contributed by atoms with E-state index in [0.717, 1.165) is 40.1 Å². The number of halogens is 3. The molecule has 0 aliphatic carbocycles. The van der Waals surface area contributed by atoms with E-state index in [1.165, 1.54) is 18.5 Å². The molecule has 10 heteroatoms. The molecule has 7 nitrogen and oxygen atoms in total. The second-order valence-corrected chi connectivity index (χ2v) is 8.38. The Morgan fingerprint density at radius 1 is 1.12 bits per heavy atom. The van der Waals surface area contributed by atoms with Gasteiger partial charge in [0.25, 0.3) is 0 Å². The first-order valence-corrected chi connectivity index (χ1v) is 11.1. The molecule has 1 aromatic carbocycles. The fourth-order valence-corrected chi connectivity index (χ4v) is 4.40. The number of aromatic amines is 1. The van der Waals surface area contributed by atoms with Crippen molar-refractivity contribution in [3.63, 3.8) is 0 Å². The zero-order valence-corrected chi connectivity index (χ0v) is 19.4. The maximum absolute atomic E-state index is 12.9. The van der Waals surface area contributed by atoms with E-state index in [1.54, 1.807) is 0 Å². The number of H-pyrrole nitrogens is 1. The highest BCUT2D eigenvalue weighted by molar-refractivity contribution is 5.81. The zero-order chi connectivity index (χ0) is 24.9. The van der Waals surface area contributed by atoms with Gasteiger partial charge in [-0.25, -0.2) is 4.99 Å². The zero-order valence-electron chi connectivity index (χ0n) is 19.4. The van der Waals surface area contributed by atoms with E-state index in [1.807, 2.05) is 32.3 Å². The minimum absolute atomic E-state index is 0.161. The summed E-state index contributed by atoms with van der Waals surface area (Å²) in [5, 5.41) is 0. The third kappa shape index (κ3) is 5.63. The number of hydrogen-bond donors (Lipinski definition) is 4. The van der Waals surface area contributed by atoms with Crippen molar-refractivity contribution in [2.45, 2.75) is 26.1 Å². The molecule has 34 heavy (non-hydrogen) atoms. The number of nitrogens with zero attached hydrogens (tertiary/aromatic N) is 3. The molecule has 0 spiro atoms. The van der Waals surface area contributed by atoms with Crippen LogP contribution in [0.15, 0.2) is 64.8 Å². The monoisotopic (exact) mass is 475 g/mol. The highest BCUT2D eigenvalue weighted by Gasteiger charge is 2.31. The first kappa shape index (κ1) is 25.4.